The van der Waals surface area contributed by atoms with Gasteiger partial charge in [0.1, 0.15) is 0 Å². The number of halogens is 1. The van der Waals surface area contributed by atoms with Crippen LogP contribution in [0.1, 0.15) is 72.1 Å². The third-order valence-corrected chi connectivity index (χ3v) is 9.46. The number of allylic oxidation sites excluding steroid dienone is 1. The number of thioether (sulfide) groups is 1. The SMILES string of the molecule is COC(=O)CCCCS[C@H]1C(Br)=C(C)C[C@]2(CC(=O)OC)CCCC(C)(C)[C@H]12. The minimum Gasteiger partial charge on any atom is -0.469 e. The van der Waals surface area contributed by atoms with Gasteiger partial charge >= 0.3 is 11.9 Å². The van der Waals surface area contributed by atoms with Crippen molar-refractivity contribution in [3.63, 3.8) is 0 Å². The van der Waals surface area contributed by atoms with E-state index in [1.165, 1.54) is 37.1 Å². The summed E-state index contributed by atoms with van der Waals surface area (Å²) in [5, 5.41) is 0.354. The van der Waals surface area contributed by atoms with E-state index in [1.54, 1.807) is 0 Å². The lowest BCUT2D eigenvalue weighted by Gasteiger charge is -2.58. The highest BCUT2D eigenvalue weighted by Gasteiger charge is 2.56. The molecule has 0 spiro atoms. The zero-order valence-corrected chi connectivity index (χ0v) is 20.3. The zero-order valence-electron chi connectivity index (χ0n) is 17.9. The van der Waals surface area contributed by atoms with Crippen molar-refractivity contribution in [2.24, 2.45) is 16.7 Å². The number of methoxy groups -OCH3 is 2. The lowest BCUT2D eigenvalue weighted by Crippen LogP contribution is -2.52. The lowest BCUT2D eigenvalue weighted by atomic mass is 9.50. The van der Waals surface area contributed by atoms with Gasteiger partial charge in [-0.1, -0.05) is 41.8 Å². The second-order valence-electron chi connectivity index (χ2n) is 9.06. The second-order valence-corrected chi connectivity index (χ2v) is 11.2. The van der Waals surface area contributed by atoms with Crippen molar-refractivity contribution in [3.8, 4) is 0 Å². The summed E-state index contributed by atoms with van der Waals surface area (Å²) in [5.74, 6) is 1.21. The van der Waals surface area contributed by atoms with Gasteiger partial charge in [0.15, 0.2) is 0 Å². The Labute approximate surface area is 182 Å². The van der Waals surface area contributed by atoms with Crippen molar-refractivity contribution in [2.45, 2.75) is 77.4 Å². The number of carbonyl (C=O) groups excluding carboxylic acids is 2. The number of unbranched alkanes of at least 4 members (excludes halogenated alkanes) is 1. The molecule has 3 atom stereocenters. The molecule has 0 saturated heterocycles. The fourth-order valence-corrected chi connectivity index (χ4v) is 8.06. The van der Waals surface area contributed by atoms with Gasteiger partial charge < -0.3 is 9.47 Å². The maximum atomic E-state index is 12.3. The monoisotopic (exact) mass is 474 g/mol. The number of esters is 2. The molecule has 0 unspecified atom stereocenters. The van der Waals surface area contributed by atoms with E-state index in [2.05, 4.69) is 36.7 Å². The van der Waals surface area contributed by atoms with Crippen LogP contribution in [0.2, 0.25) is 0 Å². The van der Waals surface area contributed by atoms with E-state index in [4.69, 9.17) is 9.47 Å². The van der Waals surface area contributed by atoms with Crippen LogP contribution in [0.3, 0.4) is 0 Å². The van der Waals surface area contributed by atoms with Crippen LogP contribution in [-0.4, -0.2) is 37.2 Å². The molecule has 0 amide bonds. The highest BCUT2D eigenvalue weighted by Crippen LogP contribution is 2.63. The Hall–Kier alpha value is -0.490. The Morgan fingerprint density at radius 2 is 1.82 bits per heavy atom. The highest BCUT2D eigenvalue weighted by atomic mass is 79.9. The normalized spacial score (nSPS) is 29.2. The third kappa shape index (κ3) is 5.35. The molecule has 1 fully saturated rings. The molecule has 0 heterocycles. The van der Waals surface area contributed by atoms with Gasteiger partial charge in [-0.15, -0.1) is 0 Å². The zero-order chi connectivity index (χ0) is 20.9. The predicted octanol–water partition coefficient (Wildman–Crippen LogP) is 5.88. The number of carbonyl (C=O) groups is 2. The van der Waals surface area contributed by atoms with E-state index < -0.39 is 0 Å². The third-order valence-electron chi connectivity index (χ3n) is 6.60. The maximum Gasteiger partial charge on any atom is 0.306 e. The Bertz CT molecular complexity index is 616. The number of rotatable bonds is 8. The standard InChI is InChI=1S/C22H35BrO4S/c1-15-13-22(14-17(25)27-5)11-8-10-21(2,3)20(22)19(18(15)23)28-12-7-6-9-16(24)26-4/h19-20H,6-14H2,1-5H3/t19-,20-,22-/m0/s1. The van der Waals surface area contributed by atoms with E-state index in [1.807, 2.05) is 11.8 Å². The van der Waals surface area contributed by atoms with Crippen LogP contribution >= 0.6 is 27.7 Å². The van der Waals surface area contributed by atoms with Crippen molar-refractivity contribution in [2.75, 3.05) is 20.0 Å². The molecule has 2 aliphatic carbocycles. The van der Waals surface area contributed by atoms with E-state index in [-0.39, 0.29) is 22.8 Å². The van der Waals surface area contributed by atoms with Gasteiger partial charge in [-0.3, -0.25) is 9.59 Å². The number of ether oxygens (including phenoxy) is 2. The smallest absolute Gasteiger partial charge is 0.306 e. The van der Waals surface area contributed by atoms with Crippen LogP contribution in [0.4, 0.5) is 0 Å². The number of hydrogen-bond acceptors (Lipinski definition) is 5. The van der Waals surface area contributed by atoms with Crippen LogP contribution < -0.4 is 0 Å². The number of fused-ring (bicyclic) bond motifs is 1. The summed E-state index contributed by atoms with van der Waals surface area (Å²) in [5.41, 5.74) is 1.53. The topological polar surface area (TPSA) is 52.6 Å². The quantitative estimate of drug-likeness (QED) is 0.324. The molecule has 4 nitrogen and oxygen atoms in total. The minimum absolute atomic E-state index is 0.0140. The largest absolute Gasteiger partial charge is 0.469 e. The lowest BCUT2D eigenvalue weighted by molar-refractivity contribution is -0.147. The first-order chi connectivity index (χ1) is 13.2. The molecule has 6 heteroatoms. The molecule has 2 rings (SSSR count). The molecular formula is C22H35BrO4S. The van der Waals surface area contributed by atoms with Crippen molar-refractivity contribution in [1.82, 2.24) is 0 Å². The van der Waals surface area contributed by atoms with Gasteiger partial charge in [0.2, 0.25) is 0 Å². The first-order valence-electron chi connectivity index (χ1n) is 10.3. The molecule has 0 aliphatic heterocycles. The fourth-order valence-electron chi connectivity index (χ4n) is 5.44. The van der Waals surface area contributed by atoms with Crippen molar-refractivity contribution < 1.29 is 19.1 Å². The van der Waals surface area contributed by atoms with Gasteiger partial charge in [0, 0.05) is 16.2 Å². The Morgan fingerprint density at radius 3 is 2.46 bits per heavy atom. The average molecular weight is 475 g/mol. The minimum atomic E-state index is -0.134. The van der Waals surface area contributed by atoms with Gasteiger partial charge in [0.05, 0.1) is 20.6 Å². The van der Waals surface area contributed by atoms with Crippen molar-refractivity contribution in [1.29, 1.82) is 0 Å². The summed E-state index contributed by atoms with van der Waals surface area (Å²) < 4.78 is 11.1. The maximum absolute atomic E-state index is 12.3. The molecule has 0 radical (unpaired) electrons. The van der Waals surface area contributed by atoms with Crippen molar-refractivity contribution in [3.05, 3.63) is 10.1 Å². The Balaban J connectivity index is 2.20. The molecule has 0 aromatic heterocycles. The molecule has 28 heavy (non-hydrogen) atoms. The molecule has 0 aromatic carbocycles. The van der Waals surface area contributed by atoms with Crippen LogP contribution in [0.25, 0.3) is 0 Å². The summed E-state index contributed by atoms with van der Waals surface area (Å²) in [6.07, 6.45) is 7.26. The van der Waals surface area contributed by atoms with Crippen LogP contribution in [-0.2, 0) is 19.1 Å². The van der Waals surface area contributed by atoms with Gasteiger partial charge in [-0.2, -0.15) is 11.8 Å². The molecule has 2 aliphatic rings. The molecule has 1 saturated carbocycles. The van der Waals surface area contributed by atoms with Crippen LogP contribution in [0.15, 0.2) is 10.1 Å². The van der Waals surface area contributed by atoms with Crippen LogP contribution in [0.5, 0.6) is 0 Å². The van der Waals surface area contributed by atoms with E-state index in [0.29, 0.717) is 24.0 Å². The summed E-state index contributed by atoms with van der Waals surface area (Å²) >= 11 is 5.89. The van der Waals surface area contributed by atoms with Gasteiger partial charge in [0.25, 0.3) is 0 Å². The summed E-state index contributed by atoms with van der Waals surface area (Å²) in [4.78, 5) is 23.7. The molecule has 0 bridgehead atoms. The summed E-state index contributed by atoms with van der Waals surface area (Å²) in [7, 11) is 2.94. The average Bonchev–Trinajstić information content (AvgIpc) is 2.63. The Morgan fingerprint density at radius 1 is 1.14 bits per heavy atom. The molecule has 160 valence electrons. The summed E-state index contributed by atoms with van der Waals surface area (Å²) in [6, 6.07) is 0. The van der Waals surface area contributed by atoms with E-state index >= 15 is 0 Å². The molecular weight excluding hydrogens is 440 g/mol. The van der Waals surface area contributed by atoms with E-state index in [0.717, 1.165) is 31.4 Å². The molecule has 0 N–H and O–H groups in total. The first kappa shape index (κ1) is 23.8. The van der Waals surface area contributed by atoms with Crippen molar-refractivity contribution >= 4 is 39.6 Å². The molecule has 0 aromatic rings. The predicted molar refractivity (Wildman–Crippen MR) is 119 cm³/mol. The second kappa shape index (κ2) is 10.0. The van der Waals surface area contributed by atoms with Gasteiger partial charge in [-0.25, -0.2) is 0 Å². The van der Waals surface area contributed by atoms with Gasteiger partial charge in [-0.05, 0) is 61.5 Å². The van der Waals surface area contributed by atoms with Crippen LogP contribution in [0, 0.1) is 16.7 Å². The fraction of sp³-hybridized carbons (Fsp3) is 0.818. The highest BCUT2D eigenvalue weighted by molar-refractivity contribution is 9.12. The Kier molecular flexibility index (Phi) is 8.51. The number of hydrogen-bond donors (Lipinski definition) is 0. The first-order valence-corrected chi connectivity index (χ1v) is 12.1. The van der Waals surface area contributed by atoms with E-state index in [9.17, 15) is 9.59 Å². The summed E-state index contributed by atoms with van der Waals surface area (Å²) in [6.45, 7) is 6.94.